The first-order chi connectivity index (χ1) is 54.1. The topological polar surface area (TPSA) is 309 Å². The van der Waals surface area contributed by atoms with E-state index in [-0.39, 0.29) is 50.0 Å². The van der Waals surface area contributed by atoms with Crippen molar-refractivity contribution in [3.8, 4) is 11.8 Å². The molecule has 2 aliphatic rings. The van der Waals surface area contributed by atoms with Gasteiger partial charge in [0.05, 0.1) is 329 Å². The fraction of sp³-hybridized carbons (Fsp3) is 0.756. The summed E-state index contributed by atoms with van der Waals surface area (Å²) in [6.07, 6.45) is 9.09. The molecule has 0 aromatic heterocycles. The molecule has 1 unspecified atom stereocenters. The van der Waals surface area contributed by atoms with E-state index < -0.39 is 0 Å². The van der Waals surface area contributed by atoms with Gasteiger partial charge in [0, 0.05) is 37.1 Å². The summed E-state index contributed by atoms with van der Waals surface area (Å²) in [6, 6.07) is 15.4. The highest BCUT2D eigenvalue weighted by Crippen LogP contribution is 2.26. The van der Waals surface area contributed by atoms with E-state index >= 15 is 0 Å². The van der Waals surface area contributed by atoms with Crippen LogP contribution in [-0.4, -0.2) is 354 Å². The van der Waals surface area contributed by atoms with Crippen molar-refractivity contribution in [3.63, 3.8) is 0 Å². The van der Waals surface area contributed by atoms with Crippen LogP contribution in [0.5, 0.6) is 0 Å². The predicted molar refractivity (Wildman–Crippen MR) is 402 cm³/mol. The smallest absolute Gasteiger partial charge is 0.407 e. The number of anilines is 1. The number of alkyl carbamates (subject to hydrolysis) is 1. The normalized spacial score (nSPS) is 13.8. The zero-order valence-electron chi connectivity index (χ0n) is 64.7. The molecule has 0 radical (unpaired) electrons. The highest BCUT2D eigenvalue weighted by atomic mass is 16.6. The maximum absolute atomic E-state index is 13.3. The van der Waals surface area contributed by atoms with Crippen molar-refractivity contribution in [3.05, 3.63) is 77.4 Å². The van der Waals surface area contributed by atoms with Crippen LogP contribution >= 0.6 is 0 Å². The number of carbonyl (C=O) groups is 3. The molecule has 1 heterocycles. The summed E-state index contributed by atoms with van der Waals surface area (Å²) in [6.45, 7) is 23.0. The average Bonchev–Trinajstić information content (AvgIpc) is 0.806. The Balaban J connectivity index is 0.699. The van der Waals surface area contributed by atoms with Gasteiger partial charge < -0.3 is 134 Å². The predicted octanol–water partition coefficient (Wildman–Crippen LogP) is 4.84. The number of benzene rings is 2. The standard InChI is InChI=1S/C78H129N3O28/c82-76(79-20-18-77(83)81-70-73-12-7-6-10-71(73)16-17-72-11-8-9-15-75(72)81)19-22-85-24-26-87-28-30-89-32-34-91-36-38-93-40-42-95-44-46-97-48-50-99-52-54-101-56-58-103-60-62-105-64-66-107-68-69-108-67-65-106-63-61-104-59-57-102-55-53-100-51-49-98-47-45-96-43-41-94-39-37-92-35-33-90-31-29-88-27-25-86-23-21-80-78(84)109-74-13-4-2-1-3-5-14-74/h1-2,6-12,15,74H,3-5,13-14,18-70H2,(H,79,82)(H,80,84)/b2-1-. The van der Waals surface area contributed by atoms with Gasteiger partial charge in [-0.05, 0) is 55.9 Å². The Kier molecular flexibility index (Phi) is 66.9. The number of hydrogen-bond donors (Lipinski definition) is 2. The van der Waals surface area contributed by atoms with E-state index in [2.05, 4.69) is 34.6 Å². The molecule has 4 rings (SSSR count). The van der Waals surface area contributed by atoms with Crippen LogP contribution in [0.3, 0.4) is 0 Å². The summed E-state index contributed by atoms with van der Waals surface area (Å²) < 4.78 is 138. The van der Waals surface area contributed by atoms with E-state index in [1.165, 1.54) is 0 Å². The molecule has 0 saturated heterocycles. The Bertz CT molecular complexity index is 2500. The van der Waals surface area contributed by atoms with Gasteiger partial charge in [-0.3, -0.25) is 9.59 Å². The number of hydrogen-bond acceptors (Lipinski definition) is 28. The summed E-state index contributed by atoms with van der Waals surface area (Å²) >= 11 is 0. The maximum Gasteiger partial charge on any atom is 0.407 e. The van der Waals surface area contributed by atoms with Crippen LogP contribution in [-0.2, 0) is 135 Å². The Morgan fingerprint density at radius 2 is 0.606 bits per heavy atom. The first kappa shape index (κ1) is 96.4. The summed E-state index contributed by atoms with van der Waals surface area (Å²) in [4.78, 5) is 39.5. The van der Waals surface area contributed by atoms with Crippen molar-refractivity contribution in [2.45, 2.75) is 57.6 Å². The van der Waals surface area contributed by atoms with Gasteiger partial charge in [0.1, 0.15) is 6.10 Å². The third kappa shape index (κ3) is 60.3. The molecule has 2 N–H and O–H groups in total. The zero-order chi connectivity index (χ0) is 76.8. The number of carbonyl (C=O) groups excluding carboxylic acids is 3. The maximum atomic E-state index is 13.3. The van der Waals surface area contributed by atoms with Gasteiger partial charge in [-0.15, -0.1) is 0 Å². The second kappa shape index (κ2) is 75.7. The Hall–Kier alpha value is -5.01. The van der Waals surface area contributed by atoms with Gasteiger partial charge in [-0.1, -0.05) is 54.3 Å². The minimum Gasteiger partial charge on any atom is -0.446 e. The highest BCUT2D eigenvalue weighted by molar-refractivity contribution is 5.95. The molecule has 3 amide bonds. The molecule has 109 heavy (non-hydrogen) atoms. The second-order valence-electron chi connectivity index (χ2n) is 23.9. The fourth-order valence-electron chi connectivity index (χ4n) is 9.73. The molecule has 1 atom stereocenters. The fourth-order valence-corrected chi connectivity index (χ4v) is 9.73. The molecule has 0 bridgehead atoms. The number of para-hydroxylation sites is 1. The van der Waals surface area contributed by atoms with Crippen LogP contribution in [0.4, 0.5) is 10.5 Å². The number of nitrogens with one attached hydrogen (secondary N) is 2. The lowest BCUT2D eigenvalue weighted by Crippen LogP contribution is -2.35. The molecule has 0 spiro atoms. The molecule has 624 valence electrons. The molecule has 1 aliphatic heterocycles. The quantitative estimate of drug-likeness (QED) is 0.0508. The molecule has 31 nitrogen and oxygen atoms in total. The molecule has 0 fully saturated rings. The van der Waals surface area contributed by atoms with Crippen LogP contribution in [0.1, 0.15) is 61.6 Å². The average molecular weight is 1560 g/mol. The van der Waals surface area contributed by atoms with Crippen LogP contribution in [0.2, 0.25) is 0 Å². The summed E-state index contributed by atoms with van der Waals surface area (Å²) in [5.41, 5.74) is 3.44. The van der Waals surface area contributed by atoms with Crippen LogP contribution in [0.15, 0.2) is 60.7 Å². The van der Waals surface area contributed by atoms with Gasteiger partial charge >= 0.3 is 6.09 Å². The Labute approximate surface area is 646 Å². The van der Waals surface area contributed by atoms with Crippen molar-refractivity contribution in [2.24, 2.45) is 0 Å². The molecule has 2 aromatic rings. The third-order valence-corrected chi connectivity index (χ3v) is 15.4. The second-order valence-corrected chi connectivity index (χ2v) is 23.9. The minimum absolute atomic E-state index is 0.0195. The number of rotatable bonds is 79. The van der Waals surface area contributed by atoms with E-state index in [9.17, 15) is 14.4 Å². The van der Waals surface area contributed by atoms with Gasteiger partial charge in [0.25, 0.3) is 0 Å². The third-order valence-electron chi connectivity index (χ3n) is 15.4. The molecule has 0 saturated carbocycles. The zero-order valence-corrected chi connectivity index (χ0v) is 64.7. The highest BCUT2D eigenvalue weighted by Gasteiger charge is 2.22. The van der Waals surface area contributed by atoms with E-state index in [1.807, 2.05) is 48.5 Å². The van der Waals surface area contributed by atoms with Crippen LogP contribution < -0.4 is 15.5 Å². The van der Waals surface area contributed by atoms with Crippen molar-refractivity contribution < 1.29 is 133 Å². The number of amides is 3. The van der Waals surface area contributed by atoms with E-state index in [1.54, 1.807) is 4.90 Å². The van der Waals surface area contributed by atoms with E-state index in [0.717, 1.165) is 54.5 Å². The summed E-state index contributed by atoms with van der Waals surface area (Å²) in [5, 5.41) is 5.57. The molecule has 2 aromatic carbocycles. The lowest BCUT2D eigenvalue weighted by Gasteiger charge is -2.26. The number of fused-ring (bicyclic) bond motifs is 2. The van der Waals surface area contributed by atoms with Gasteiger partial charge in [-0.2, -0.15) is 0 Å². The van der Waals surface area contributed by atoms with Crippen molar-refractivity contribution in [1.29, 1.82) is 0 Å². The van der Waals surface area contributed by atoms with Crippen molar-refractivity contribution in [2.75, 3.05) is 335 Å². The number of ether oxygens (including phenoxy) is 25. The van der Waals surface area contributed by atoms with E-state index in [0.29, 0.717) is 324 Å². The number of allylic oxidation sites excluding steroid dienone is 2. The lowest BCUT2D eigenvalue weighted by molar-refractivity contribution is -0.122. The lowest BCUT2D eigenvalue weighted by atomic mass is 10.0. The van der Waals surface area contributed by atoms with Crippen LogP contribution in [0, 0.1) is 11.8 Å². The minimum atomic E-state index is -0.384. The molecular formula is C78H129N3O28. The van der Waals surface area contributed by atoms with Gasteiger partial charge in [0.2, 0.25) is 11.8 Å². The van der Waals surface area contributed by atoms with E-state index in [4.69, 9.17) is 118 Å². The van der Waals surface area contributed by atoms with Crippen molar-refractivity contribution in [1.82, 2.24) is 10.6 Å². The van der Waals surface area contributed by atoms with Gasteiger partial charge in [-0.25, -0.2) is 4.79 Å². The first-order valence-electron chi connectivity index (χ1n) is 38.8. The Morgan fingerprint density at radius 1 is 0.312 bits per heavy atom. The summed E-state index contributed by atoms with van der Waals surface area (Å²) in [5.74, 6) is 6.16. The monoisotopic (exact) mass is 1560 g/mol. The number of nitrogens with zero attached hydrogens (tertiary/aromatic N) is 1. The SMILES string of the molecule is O=C(CCOCCOCCOCCOCCOCCOCCOCCOCCOCCOCCOCCOCCOCCOCCOCCOCCOCCOCCOCCOCCOCCOCCOCCOCCNC(=O)OC1CC/C=C\CCC1)NCCC(=O)N1Cc2ccccc2C#Cc2ccccc21. The molecule has 31 heteroatoms. The molecular weight excluding hydrogens is 1430 g/mol. The summed E-state index contributed by atoms with van der Waals surface area (Å²) in [7, 11) is 0. The largest absolute Gasteiger partial charge is 0.446 e. The van der Waals surface area contributed by atoms with Crippen molar-refractivity contribution >= 4 is 23.6 Å². The first-order valence-corrected chi connectivity index (χ1v) is 38.8. The Morgan fingerprint density at radius 3 is 0.963 bits per heavy atom. The van der Waals surface area contributed by atoms with Crippen LogP contribution in [0.25, 0.3) is 0 Å². The van der Waals surface area contributed by atoms with Gasteiger partial charge in [0.15, 0.2) is 0 Å². The molecule has 1 aliphatic carbocycles.